The van der Waals surface area contributed by atoms with Crippen LogP contribution in [0.5, 0.6) is 0 Å². The number of aromatic nitrogens is 4. The molecule has 2 aliphatic rings. The topological polar surface area (TPSA) is 46.6 Å². The third kappa shape index (κ3) is 4.93. The molecule has 0 saturated carbocycles. The predicted octanol–water partition coefficient (Wildman–Crippen LogP) is 8.80. The maximum Gasteiger partial charge on any atom is 0.737 e. The van der Waals surface area contributed by atoms with Crippen molar-refractivity contribution in [2.75, 3.05) is 0 Å². The average molecular weight is 636 g/mol. The lowest BCUT2D eigenvalue weighted by atomic mass is 9.83. The van der Waals surface area contributed by atoms with Crippen molar-refractivity contribution < 1.29 is 13.1 Å². The fourth-order valence-corrected chi connectivity index (χ4v) is 7.51. The fourth-order valence-electron chi connectivity index (χ4n) is 7.51. The first-order chi connectivity index (χ1) is 23.1. The highest BCUT2D eigenvalue weighted by atomic mass is 19.2. The number of allylic oxidation sites excluding steroid dienone is 2. The molecule has 0 atom stereocenters. The molecule has 1 aromatic carbocycles. The Kier molecular flexibility index (Phi) is 7.79. The molecule has 238 valence electrons. The van der Waals surface area contributed by atoms with Crippen molar-refractivity contribution in [3.8, 4) is 34.6 Å². The van der Waals surface area contributed by atoms with Gasteiger partial charge in [0.05, 0.1) is 28.3 Å². The number of pyridine rings is 3. The number of benzene rings is 1. The number of hydrogen-bond acceptors (Lipinski definition) is 3. The van der Waals surface area contributed by atoms with E-state index in [-0.39, 0.29) is 0 Å². The number of halogens is 2. The summed E-state index contributed by atoms with van der Waals surface area (Å²) in [5.74, 6) is 6.63. The van der Waals surface area contributed by atoms with Crippen LogP contribution in [-0.4, -0.2) is 36.6 Å². The van der Waals surface area contributed by atoms with Gasteiger partial charge in [-0.15, -0.1) is 0 Å². The zero-order valence-electron chi connectivity index (χ0n) is 28.1. The van der Waals surface area contributed by atoms with Crippen LogP contribution in [0, 0.1) is 25.7 Å². The van der Waals surface area contributed by atoms with Crippen LogP contribution in [0.4, 0.5) is 8.63 Å². The first-order valence-electron chi connectivity index (χ1n) is 16.4. The molecule has 7 rings (SSSR count). The highest BCUT2D eigenvalue weighted by Crippen LogP contribution is 2.47. The molecule has 0 unspecified atom stereocenters. The van der Waals surface area contributed by atoms with Gasteiger partial charge in [0.15, 0.2) is 5.70 Å². The van der Waals surface area contributed by atoms with Crippen LogP contribution in [0.25, 0.3) is 28.3 Å². The summed E-state index contributed by atoms with van der Waals surface area (Å²) < 4.78 is 35.8. The van der Waals surface area contributed by atoms with E-state index in [4.69, 9.17) is 4.98 Å². The Morgan fingerprint density at radius 3 is 1.90 bits per heavy atom. The van der Waals surface area contributed by atoms with Crippen LogP contribution in [0.3, 0.4) is 0 Å². The van der Waals surface area contributed by atoms with Crippen LogP contribution >= 0.6 is 0 Å². The predicted molar refractivity (Wildman–Crippen MR) is 190 cm³/mol. The summed E-state index contributed by atoms with van der Waals surface area (Å²) >= 11 is 0. The van der Waals surface area contributed by atoms with Gasteiger partial charge in [-0.25, -0.2) is 4.98 Å². The van der Waals surface area contributed by atoms with Crippen molar-refractivity contribution in [3.63, 3.8) is 0 Å². The van der Waals surface area contributed by atoms with E-state index in [1.54, 1.807) is 12.4 Å². The molecule has 5 aromatic rings. The van der Waals surface area contributed by atoms with Crippen LogP contribution in [-0.2, 0) is 6.42 Å². The normalized spacial score (nSPS) is 15.0. The van der Waals surface area contributed by atoms with E-state index >= 15 is 8.63 Å². The summed E-state index contributed by atoms with van der Waals surface area (Å²) in [5.41, 5.74) is 12.6. The van der Waals surface area contributed by atoms with Crippen LogP contribution in [0.1, 0.15) is 73.3 Å². The van der Waals surface area contributed by atoms with Gasteiger partial charge in [-0.3, -0.25) is 9.97 Å². The van der Waals surface area contributed by atoms with E-state index in [9.17, 15) is 0 Å². The molecular weight excluding hydrogens is 599 g/mol. The van der Waals surface area contributed by atoms with Crippen molar-refractivity contribution in [3.05, 3.63) is 141 Å². The average Bonchev–Trinajstić information content (AvgIpc) is 3.52. The molecule has 0 spiro atoms. The monoisotopic (exact) mass is 635 g/mol. The van der Waals surface area contributed by atoms with Gasteiger partial charge < -0.3 is 17.6 Å². The lowest BCUT2D eigenvalue weighted by Crippen LogP contribution is -2.51. The molecule has 0 bridgehead atoms. The quantitative estimate of drug-likeness (QED) is 0.143. The first-order valence-corrected chi connectivity index (χ1v) is 16.4. The van der Waals surface area contributed by atoms with Gasteiger partial charge in [-0.1, -0.05) is 50.0 Å². The van der Waals surface area contributed by atoms with E-state index in [1.165, 1.54) is 8.96 Å². The van der Waals surface area contributed by atoms with Gasteiger partial charge in [0.1, 0.15) is 5.71 Å². The summed E-state index contributed by atoms with van der Waals surface area (Å²) in [6.45, 7) is 7.63. The van der Waals surface area contributed by atoms with Gasteiger partial charge in [0, 0.05) is 47.3 Å². The maximum atomic E-state index is 16.6. The minimum atomic E-state index is -4.07. The molecule has 0 radical (unpaired) electrons. The lowest BCUT2D eigenvalue weighted by molar-refractivity contribution is -0.363. The van der Waals surface area contributed by atoms with Gasteiger partial charge >= 0.3 is 6.97 Å². The molecule has 5 nitrogen and oxygen atoms in total. The number of hydrogen-bond donors (Lipinski definition) is 0. The van der Waals surface area contributed by atoms with E-state index in [0.29, 0.717) is 47.0 Å². The summed E-state index contributed by atoms with van der Waals surface area (Å²) in [6, 6.07) is 23.3. The van der Waals surface area contributed by atoms with Crippen molar-refractivity contribution >= 4 is 18.3 Å². The Bertz CT molecular complexity index is 2190. The number of nitrogens with zero attached hydrogens (tertiary/aromatic N) is 5. The second-order valence-electron chi connectivity index (χ2n) is 12.4. The Labute approximate surface area is 280 Å². The summed E-state index contributed by atoms with van der Waals surface area (Å²) in [4.78, 5) is 13.8. The Morgan fingerprint density at radius 1 is 0.750 bits per heavy atom. The summed E-state index contributed by atoms with van der Waals surface area (Å²) in [5, 5.41) is 0. The zero-order valence-corrected chi connectivity index (χ0v) is 28.1. The molecule has 8 heteroatoms. The summed E-state index contributed by atoms with van der Waals surface area (Å²) in [7, 11) is 0. The summed E-state index contributed by atoms with van der Waals surface area (Å²) in [6.07, 6.45) is 4.88. The van der Waals surface area contributed by atoms with Crippen molar-refractivity contribution in [2.24, 2.45) is 0 Å². The molecule has 4 aromatic heterocycles. The highest BCUT2D eigenvalue weighted by molar-refractivity contribution is 6.58. The van der Waals surface area contributed by atoms with Crippen LogP contribution in [0.15, 0.2) is 102 Å². The maximum absolute atomic E-state index is 16.6. The Morgan fingerprint density at radius 2 is 1.35 bits per heavy atom. The standard InChI is InChI=1S/C40H36BF2N5/c1-7-32-25(3)39-38(40-26(4)33(8-2)28(6)48(40)41(42,43)47(39)27(32)5)31-19-17-29(18-20-31)15-16-30-23-36(34-13-9-11-21-44-34)46-37(24-30)35-14-10-12-22-45-35/h9-14,17-24H,7-8H2,1-6H3. The van der Waals surface area contributed by atoms with Crippen molar-refractivity contribution in [2.45, 2.75) is 54.4 Å². The van der Waals surface area contributed by atoms with Gasteiger partial charge in [-0.05, 0) is 105 Å². The minimum absolute atomic E-state index is 0.616. The van der Waals surface area contributed by atoms with Crippen LogP contribution in [0.2, 0.25) is 0 Å². The molecule has 0 saturated heterocycles. The van der Waals surface area contributed by atoms with Gasteiger partial charge in [-0.2, -0.15) is 0 Å². The molecule has 48 heavy (non-hydrogen) atoms. The molecule has 2 aliphatic heterocycles. The molecule has 6 heterocycles. The molecule has 0 aliphatic carbocycles. The van der Waals surface area contributed by atoms with Crippen molar-refractivity contribution in [1.82, 2.24) is 19.4 Å². The van der Waals surface area contributed by atoms with Gasteiger partial charge in [0.25, 0.3) is 0 Å². The van der Waals surface area contributed by atoms with Gasteiger partial charge in [0.2, 0.25) is 0 Å². The molecular formula is C40H36BF2N5. The zero-order chi connectivity index (χ0) is 33.7. The minimum Gasteiger partial charge on any atom is -0.393 e. The lowest BCUT2D eigenvalue weighted by Gasteiger charge is -2.34. The fraction of sp³-hybridized carbons (Fsp3) is 0.200. The number of fused-ring (bicyclic) bond motifs is 2. The third-order valence-electron chi connectivity index (χ3n) is 9.70. The Balaban J connectivity index is 1.34. The highest BCUT2D eigenvalue weighted by Gasteiger charge is 2.56. The second-order valence-corrected chi connectivity index (χ2v) is 12.4. The SMILES string of the molecule is CCC1=C(C)C2=C(c3ccc(C#Cc4cc(-c5ccccn5)nc(-c5ccccn5)c4)cc3)c3c(C)c(CC)c(C)n3[B-](F)(F)[N+]2=C1C. The molecule has 0 fully saturated rings. The largest absolute Gasteiger partial charge is 0.737 e. The smallest absolute Gasteiger partial charge is 0.393 e. The van der Waals surface area contributed by atoms with E-state index in [1.807, 2.05) is 114 Å². The van der Waals surface area contributed by atoms with E-state index in [2.05, 4.69) is 21.8 Å². The van der Waals surface area contributed by atoms with Crippen LogP contribution < -0.4 is 0 Å². The first kappa shape index (κ1) is 31.2. The molecule has 0 N–H and O–H groups in total. The Hall–Kier alpha value is -5.42. The number of rotatable bonds is 5. The van der Waals surface area contributed by atoms with Crippen molar-refractivity contribution in [1.29, 1.82) is 0 Å². The van der Waals surface area contributed by atoms with E-state index < -0.39 is 6.97 Å². The second kappa shape index (κ2) is 12.0. The van der Waals surface area contributed by atoms with E-state index in [0.717, 1.165) is 55.9 Å². The third-order valence-corrected chi connectivity index (χ3v) is 9.70. The molecule has 0 amide bonds.